The van der Waals surface area contributed by atoms with Gasteiger partial charge in [0.05, 0.1) is 10.4 Å². The van der Waals surface area contributed by atoms with Crippen molar-refractivity contribution >= 4 is 17.6 Å². The molecule has 0 saturated heterocycles. The number of carbonyl (C=O) groups is 1. The van der Waals surface area contributed by atoms with Gasteiger partial charge in [-0.15, -0.1) is 0 Å². The van der Waals surface area contributed by atoms with Gasteiger partial charge < -0.3 is 9.84 Å². The predicted octanol–water partition coefficient (Wildman–Crippen LogP) is 3.71. The van der Waals surface area contributed by atoms with E-state index in [9.17, 15) is 9.90 Å². The summed E-state index contributed by atoms with van der Waals surface area (Å²) >= 11 is 6.24. The summed E-state index contributed by atoms with van der Waals surface area (Å²) in [5.41, 5.74) is 0.963. The van der Waals surface area contributed by atoms with E-state index in [1.165, 1.54) is 0 Å². The Hall–Kier alpha value is -1.22. The first kappa shape index (κ1) is 14.2. The Kier molecular flexibility index (Phi) is 3.29. The van der Waals surface area contributed by atoms with Crippen LogP contribution in [0.1, 0.15) is 38.8 Å². The molecule has 0 unspecified atom stereocenters. The molecule has 0 amide bonds. The maximum Gasteiger partial charge on any atom is 0.309 e. The van der Waals surface area contributed by atoms with E-state index in [1.54, 1.807) is 13.8 Å². The van der Waals surface area contributed by atoms with Crippen LogP contribution in [-0.4, -0.2) is 16.7 Å². The highest BCUT2D eigenvalue weighted by atomic mass is 35.5. The van der Waals surface area contributed by atoms with Gasteiger partial charge in [0.2, 0.25) is 0 Å². The number of ether oxygens (including phenoxy) is 1. The van der Waals surface area contributed by atoms with Gasteiger partial charge in [0.15, 0.2) is 0 Å². The Morgan fingerprint density at radius 2 is 2.11 bits per heavy atom. The first-order valence-electron chi connectivity index (χ1n) is 6.34. The molecule has 1 aliphatic heterocycles. The maximum atomic E-state index is 11.2. The summed E-state index contributed by atoms with van der Waals surface area (Å²) < 4.78 is 5.81. The monoisotopic (exact) mass is 282 g/mol. The SMILES string of the molecule is CC1(C)Cc2cc(CC(C)(C)C(=O)O)cc(Cl)c2O1. The van der Waals surface area contributed by atoms with Crippen molar-refractivity contribution in [3.05, 3.63) is 28.3 Å². The van der Waals surface area contributed by atoms with Crippen molar-refractivity contribution in [2.24, 2.45) is 5.41 Å². The summed E-state index contributed by atoms with van der Waals surface area (Å²) in [6.07, 6.45) is 1.25. The maximum absolute atomic E-state index is 11.2. The summed E-state index contributed by atoms with van der Waals surface area (Å²) in [7, 11) is 0. The molecule has 104 valence electrons. The Morgan fingerprint density at radius 1 is 1.47 bits per heavy atom. The second-order valence-corrected chi connectivity index (χ2v) is 6.88. The Morgan fingerprint density at radius 3 is 2.68 bits per heavy atom. The Bertz CT molecular complexity index is 532. The van der Waals surface area contributed by atoms with E-state index in [4.69, 9.17) is 16.3 Å². The molecule has 4 heteroatoms. The lowest BCUT2D eigenvalue weighted by molar-refractivity contribution is -0.146. The van der Waals surface area contributed by atoms with Crippen molar-refractivity contribution in [1.29, 1.82) is 0 Å². The largest absolute Gasteiger partial charge is 0.486 e. The summed E-state index contributed by atoms with van der Waals surface area (Å²) in [4.78, 5) is 11.2. The first-order chi connectivity index (χ1) is 8.61. The van der Waals surface area contributed by atoms with Gasteiger partial charge in [-0.2, -0.15) is 0 Å². The number of hydrogen-bond donors (Lipinski definition) is 1. The lowest BCUT2D eigenvalue weighted by atomic mass is 9.85. The zero-order chi connectivity index (χ0) is 14.4. The fourth-order valence-corrected chi connectivity index (χ4v) is 2.72. The van der Waals surface area contributed by atoms with Crippen LogP contribution >= 0.6 is 11.6 Å². The van der Waals surface area contributed by atoms with Gasteiger partial charge in [0, 0.05) is 6.42 Å². The Balaban J connectivity index is 2.32. The van der Waals surface area contributed by atoms with Crippen molar-refractivity contribution in [2.45, 2.75) is 46.1 Å². The van der Waals surface area contributed by atoms with Crippen molar-refractivity contribution in [3.8, 4) is 5.75 Å². The van der Waals surface area contributed by atoms with Crippen LogP contribution in [-0.2, 0) is 17.6 Å². The average molecular weight is 283 g/mol. The van der Waals surface area contributed by atoms with Gasteiger partial charge in [-0.25, -0.2) is 0 Å². The standard InChI is InChI=1S/C15H19ClO3/c1-14(2,13(17)18)7-9-5-10-8-15(3,4)19-12(10)11(16)6-9/h5-6H,7-8H2,1-4H3,(H,17,18). The topological polar surface area (TPSA) is 46.5 Å². The molecule has 3 nitrogen and oxygen atoms in total. The molecule has 0 fully saturated rings. The van der Waals surface area contributed by atoms with E-state index in [0.717, 1.165) is 23.3 Å². The van der Waals surface area contributed by atoms with Gasteiger partial charge in [0.1, 0.15) is 11.4 Å². The van der Waals surface area contributed by atoms with Crippen LogP contribution in [0.3, 0.4) is 0 Å². The molecule has 19 heavy (non-hydrogen) atoms. The molecular weight excluding hydrogens is 264 g/mol. The highest BCUT2D eigenvalue weighted by Crippen LogP contribution is 2.41. The molecule has 1 aromatic rings. The number of halogens is 1. The lowest BCUT2D eigenvalue weighted by Gasteiger charge is -2.19. The second kappa shape index (κ2) is 4.41. The van der Waals surface area contributed by atoms with Crippen molar-refractivity contribution in [2.75, 3.05) is 0 Å². The third-order valence-electron chi connectivity index (χ3n) is 3.40. The highest BCUT2D eigenvalue weighted by Gasteiger charge is 2.33. The van der Waals surface area contributed by atoms with Crippen LogP contribution in [0.4, 0.5) is 0 Å². The molecule has 1 aliphatic rings. The quantitative estimate of drug-likeness (QED) is 0.919. The molecule has 0 saturated carbocycles. The molecule has 0 spiro atoms. The minimum absolute atomic E-state index is 0.243. The zero-order valence-corrected chi connectivity index (χ0v) is 12.5. The first-order valence-corrected chi connectivity index (χ1v) is 6.72. The molecule has 0 bridgehead atoms. The molecule has 0 atom stereocenters. The summed E-state index contributed by atoms with van der Waals surface area (Å²) in [5.74, 6) is -0.0655. The van der Waals surface area contributed by atoms with E-state index >= 15 is 0 Å². The molecule has 0 aliphatic carbocycles. The third kappa shape index (κ3) is 2.86. The lowest BCUT2D eigenvalue weighted by Crippen LogP contribution is -2.26. The van der Waals surface area contributed by atoms with Gasteiger partial charge in [0.25, 0.3) is 0 Å². The number of benzene rings is 1. The zero-order valence-electron chi connectivity index (χ0n) is 11.7. The van der Waals surface area contributed by atoms with Crippen LogP contribution in [0.25, 0.3) is 0 Å². The van der Waals surface area contributed by atoms with Crippen molar-refractivity contribution in [1.82, 2.24) is 0 Å². The van der Waals surface area contributed by atoms with Crippen molar-refractivity contribution in [3.63, 3.8) is 0 Å². The van der Waals surface area contributed by atoms with Gasteiger partial charge in [-0.1, -0.05) is 17.7 Å². The number of hydrogen-bond acceptors (Lipinski definition) is 2. The molecule has 0 aromatic heterocycles. The Labute approximate surface area is 118 Å². The normalized spacial score (nSPS) is 16.9. The van der Waals surface area contributed by atoms with Gasteiger partial charge in [-0.3, -0.25) is 4.79 Å². The predicted molar refractivity (Wildman–Crippen MR) is 75.0 cm³/mol. The summed E-state index contributed by atoms with van der Waals surface area (Å²) in [6, 6.07) is 3.83. The number of carboxylic acid groups (broad SMARTS) is 1. The fourth-order valence-electron chi connectivity index (χ4n) is 2.42. The summed E-state index contributed by atoms with van der Waals surface area (Å²) in [5, 5.41) is 9.76. The second-order valence-electron chi connectivity index (χ2n) is 6.47. The van der Waals surface area contributed by atoms with E-state index in [0.29, 0.717) is 11.4 Å². The summed E-state index contributed by atoms with van der Waals surface area (Å²) in [6.45, 7) is 7.47. The van der Waals surface area contributed by atoms with Crippen LogP contribution in [0.2, 0.25) is 5.02 Å². The average Bonchev–Trinajstić information content (AvgIpc) is 2.52. The van der Waals surface area contributed by atoms with E-state index in [2.05, 4.69) is 0 Å². The van der Waals surface area contributed by atoms with Crippen LogP contribution < -0.4 is 4.74 Å². The van der Waals surface area contributed by atoms with E-state index in [1.807, 2.05) is 26.0 Å². The van der Waals surface area contributed by atoms with Gasteiger partial charge >= 0.3 is 5.97 Å². The molecular formula is C15H19ClO3. The number of aliphatic carboxylic acids is 1. The molecule has 2 rings (SSSR count). The van der Waals surface area contributed by atoms with E-state index < -0.39 is 11.4 Å². The van der Waals surface area contributed by atoms with Crippen molar-refractivity contribution < 1.29 is 14.6 Å². The fraction of sp³-hybridized carbons (Fsp3) is 0.533. The number of rotatable bonds is 3. The van der Waals surface area contributed by atoms with Crippen LogP contribution in [0.15, 0.2) is 12.1 Å². The molecule has 1 aromatic carbocycles. The minimum atomic E-state index is -0.805. The minimum Gasteiger partial charge on any atom is -0.486 e. The van der Waals surface area contributed by atoms with E-state index in [-0.39, 0.29) is 5.60 Å². The number of carboxylic acids is 1. The van der Waals surface area contributed by atoms with Crippen LogP contribution in [0, 0.1) is 5.41 Å². The highest BCUT2D eigenvalue weighted by molar-refractivity contribution is 6.32. The molecule has 1 heterocycles. The van der Waals surface area contributed by atoms with Crippen LogP contribution in [0.5, 0.6) is 5.75 Å². The third-order valence-corrected chi connectivity index (χ3v) is 3.68. The molecule has 0 radical (unpaired) electrons. The molecule has 1 N–H and O–H groups in total. The smallest absolute Gasteiger partial charge is 0.309 e. The van der Waals surface area contributed by atoms with Gasteiger partial charge in [-0.05, 0) is 51.3 Å². The number of fused-ring (bicyclic) bond motifs is 1.